The molecule has 3 N–H and O–H groups in total. The molecule has 5 nitrogen and oxygen atoms in total. The maximum atomic E-state index is 5.74. The third-order valence-electron chi connectivity index (χ3n) is 2.90. The molecular formula is C15H13BrN4O. The second kappa shape index (κ2) is 5.97. The molecule has 0 aliphatic carbocycles. The van der Waals surface area contributed by atoms with Gasteiger partial charge < -0.3 is 15.5 Å². The zero-order valence-corrected chi connectivity index (χ0v) is 12.7. The summed E-state index contributed by atoms with van der Waals surface area (Å²) in [6, 6.07) is 13.5. The zero-order valence-electron chi connectivity index (χ0n) is 11.1. The van der Waals surface area contributed by atoms with Gasteiger partial charge in [-0.15, -0.1) is 0 Å². The highest BCUT2D eigenvalue weighted by atomic mass is 79.9. The van der Waals surface area contributed by atoms with Gasteiger partial charge >= 0.3 is 0 Å². The number of nitrogen functional groups attached to an aromatic ring is 1. The van der Waals surface area contributed by atoms with Crippen LogP contribution in [0, 0.1) is 0 Å². The molecular weight excluding hydrogens is 332 g/mol. The molecule has 3 aromatic rings. The van der Waals surface area contributed by atoms with Crippen LogP contribution in [-0.4, -0.2) is 9.97 Å². The van der Waals surface area contributed by atoms with Gasteiger partial charge in [-0.05, 0) is 29.8 Å². The van der Waals surface area contributed by atoms with Crippen LogP contribution in [0.1, 0.15) is 5.56 Å². The predicted octanol–water partition coefficient (Wildman–Crippen LogP) is 3.69. The molecule has 0 radical (unpaired) electrons. The first-order valence-electron chi connectivity index (χ1n) is 6.37. The molecule has 0 unspecified atom stereocenters. The van der Waals surface area contributed by atoms with Gasteiger partial charge in [-0.2, -0.15) is 4.98 Å². The van der Waals surface area contributed by atoms with E-state index in [-0.39, 0.29) is 5.95 Å². The van der Waals surface area contributed by atoms with Crippen molar-refractivity contribution in [2.45, 2.75) is 6.54 Å². The number of nitrogens with one attached hydrogen (secondary N) is 1. The second-order valence-electron chi connectivity index (χ2n) is 4.45. The second-order valence-corrected chi connectivity index (χ2v) is 5.37. The maximum Gasteiger partial charge on any atom is 0.222 e. The Hall–Kier alpha value is -2.34. The number of hydrogen-bond donors (Lipinski definition) is 2. The summed E-state index contributed by atoms with van der Waals surface area (Å²) in [5.74, 6) is 1.54. The van der Waals surface area contributed by atoms with Crippen LogP contribution in [0.25, 0.3) is 11.5 Å². The first kappa shape index (κ1) is 13.6. The van der Waals surface area contributed by atoms with Gasteiger partial charge in [-0.3, -0.25) is 0 Å². The number of anilines is 2. The van der Waals surface area contributed by atoms with Crippen LogP contribution in [0.4, 0.5) is 11.8 Å². The Kier molecular flexibility index (Phi) is 3.87. The van der Waals surface area contributed by atoms with Crippen LogP contribution in [0.15, 0.2) is 57.6 Å². The van der Waals surface area contributed by atoms with Crippen LogP contribution >= 0.6 is 15.9 Å². The van der Waals surface area contributed by atoms with E-state index in [2.05, 4.69) is 31.2 Å². The van der Waals surface area contributed by atoms with Crippen LogP contribution < -0.4 is 11.1 Å². The summed E-state index contributed by atoms with van der Waals surface area (Å²) >= 11 is 3.41. The van der Waals surface area contributed by atoms with E-state index in [0.717, 1.165) is 10.0 Å². The lowest BCUT2D eigenvalue weighted by atomic mass is 10.2. The smallest absolute Gasteiger partial charge is 0.222 e. The fraction of sp³-hybridized carbons (Fsp3) is 0.0667. The van der Waals surface area contributed by atoms with Crippen molar-refractivity contribution in [3.05, 3.63) is 58.8 Å². The minimum atomic E-state index is 0.210. The van der Waals surface area contributed by atoms with E-state index in [1.54, 1.807) is 6.26 Å². The molecule has 0 saturated heterocycles. The predicted molar refractivity (Wildman–Crippen MR) is 85.6 cm³/mol. The van der Waals surface area contributed by atoms with E-state index in [1.165, 1.54) is 0 Å². The molecule has 0 spiro atoms. The first-order valence-corrected chi connectivity index (χ1v) is 7.17. The summed E-state index contributed by atoms with van der Waals surface area (Å²) in [6.07, 6.45) is 1.60. The van der Waals surface area contributed by atoms with Crippen molar-refractivity contribution in [3.8, 4) is 11.5 Å². The van der Waals surface area contributed by atoms with E-state index in [4.69, 9.17) is 10.2 Å². The summed E-state index contributed by atoms with van der Waals surface area (Å²) in [5.41, 5.74) is 7.55. The highest BCUT2D eigenvalue weighted by Gasteiger charge is 2.07. The van der Waals surface area contributed by atoms with Gasteiger partial charge in [0.25, 0.3) is 0 Å². The number of rotatable bonds is 4. The average Bonchev–Trinajstić information content (AvgIpc) is 3.00. The lowest BCUT2D eigenvalue weighted by Crippen LogP contribution is -2.05. The fourth-order valence-electron chi connectivity index (χ4n) is 1.90. The van der Waals surface area contributed by atoms with Crippen molar-refractivity contribution in [1.82, 2.24) is 9.97 Å². The number of halogens is 1. The Morgan fingerprint density at radius 3 is 2.67 bits per heavy atom. The molecule has 2 heterocycles. The van der Waals surface area contributed by atoms with Crippen molar-refractivity contribution < 1.29 is 4.42 Å². The third-order valence-corrected chi connectivity index (χ3v) is 3.43. The molecule has 0 aliphatic rings. The Balaban J connectivity index is 1.78. The van der Waals surface area contributed by atoms with Crippen LogP contribution in [0.5, 0.6) is 0 Å². The van der Waals surface area contributed by atoms with E-state index < -0.39 is 0 Å². The molecule has 6 heteroatoms. The van der Waals surface area contributed by atoms with Gasteiger partial charge in [0.2, 0.25) is 5.95 Å². The molecule has 106 valence electrons. The third kappa shape index (κ3) is 3.41. The normalized spacial score (nSPS) is 10.5. The molecule has 3 rings (SSSR count). The average molecular weight is 345 g/mol. The van der Waals surface area contributed by atoms with E-state index in [1.807, 2.05) is 42.5 Å². The lowest BCUT2D eigenvalue weighted by molar-refractivity contribution is 0.580. The molecule has 21 heavy (non-hydrogen) atoms. The lowest BCUT2D eigenvalue weighted by Gasteiger charge is -2.07. The minimum Gasteiger partial charge on any atom is -0.463 e. The quantitative estimate of drug-likeness (QED) is 0.754. The summed E-state index contributed by atoms with van der Waals surface area (Å²) in [6.45, 7) is 0.654. The molecule has 1 aromatic carbocycles. The van der Waals surface area contributed by atoms with Crippen LogP contribution in [-0.2, 0) is 6.54 Å². The van der Waals surface area contributed by atoms with Crippen molar-refractivity contribution in [3.63, 3.8) is 0 Å². The van der Waals surface area contributed by atoms with E-state index >= 15 is 0 Å². The van der Waals surface area contributed by atoms with Gasteiger partial charge in [0.05, 0.1) is 6.26 Å². The molecule has 0 saturated carbocycles. The molecule has 0 aliphatic heterocycles. The molecule has 0 amide bonds. The van der Waals surface area contributed by atoms with Crippen LogP contribution in [0.3, 0.4) is 0 Å². The number of hydrogen-bond acceptors (Lipinski definition) is 5. The SMILES string of the molecule is Nc1nc(NCc2ccc(Br)cc2)cc(-c2ccco2)n1. The highest BCUT2D eigenvalue weighted by molar-refractivity contribution is 9.10. The molecule has 2 aromatic heterocycles. The number of nitrogens with two attached hydrogens (primary N) is 1. The molecule has 0 atom stereocenters. The first-order chi connectivity index (χ1) is 10.2. The van der Waals surface area contributed by atoms with Crippen molar-refractivity contribution in [2.75, 3.05) is 11.1 Å². The van der Waals surface area contributed by atoms with Gasteiger partial charge in [-0.1, -0.05) is 28.1 Å². The Morgan fingerprint density at radius 2 is 1.95 bits per heavy atom. The Labute approximate surface area is 130 Å². The number of furan rings is 1. The van der Waals surface area contributed by atoms with Crippen molar-refractivity contribution >= 4 is 27.7 Å². The fourth-order valence-corrected chi connectivity index (χ4v) is 2.17. The Morgan fingerprint density at radius 1 is 1.14 bits per heavy atom. The molecule has 0 fully saturated rings. The highest BCUT2D eigenvalue weighted by Crippen LogP contribution is 2.21. The molecule has 0 bridgehead atoms. The summed E-state index contributed by atoms with van der Waals surface area (Å²) < 4.78 is 6.38. The monoisotopic (exact) mass is 344 g/mol. The van der Waals surface area contributed by atoms with Gasteiger partial charge in [0.1, 0.15) is 11.5 Å². The maximum absolute atomic E-state index is 5.74. The number of aromatic nitrogens is 2. The summed E-state index contributed by atoms with van der Waals surface area (Å²) in [4.78, 5) is 8.35. The van der Waals surface area contributed by atoms with Crippen molar-refractivity contribution in [1.29, 1.82) is 0 Å². The topological polar surface area (TPSA) is 77.0 Å². The summed E-state index contributed by atoms with van der Waals surface area (Å²) in [5, 5.41) is 3.24. The van der Waals surface area contributed by atoms with Gasteiger partial charge in [0, 0.05) is 17.1 Å². The number of benzene rings is 1. The summed E-state index contributed by atoms with van der Waals surface area (Å²) in [7, 11) is 0. The minimum absolute atomic E-state index is 0.210. The largest absolute Gasteiger partial charge is 0.463 e. The zero-order chi connectivity index (χ0) is 14.7. The van der Waals surface area contributed by atoms with E-state index in [0.29, 0.717) is 23.8 Å². The number of nitrogens with zero attached hydrogens (tertiary/aromatic N) is 2. The standard InChI is InChI=1S/C15H13BrN4O/c16-11-5-3-10(4-6-11)9-18-14-8-12(19-15(17)20-14)13-2-1-7-21-13/h1-8H,9H2,(H3,17,18,19,20). The Bertz CT molecular complexity index is 726. The van der Waals surface area contributed by atoms with Crippen molar-refractivity contribution in [2.24, 2.45) is 0 Å². The van der Waals surface area contributed by atoms with E-state index in [9.17, 15) is 0 Å². The van der Waals surface area contributed by atoms with Gasteiger partial charge in [-0.25, -0.2) is 4.98 Å². The van der Waals surface area contributed by atoms with Gasteiger partial charge in [0.15, 0.2) is 5.76 Å². The van der Waals surface area contributed by atoms with Crippen LogP contribution in [0.2, 0.25) is 0 Å².